The van der Waals surface area contributed by atoms with Crippen LogP contribution in [0.5, 0.6) is 0 Å². The number of aromatic nitrogens is 1. The first-order valence-electron chi connectivity index (χ1n) is 6.92. The highest BCUT2D eigenvalue weighted by molar-refractivity contribution is 5.98. The van der Waals surface area contributed by atoms with E-state index in [0.29, 0.717) is 12.6 Å². The molecule has 0 radical (unpaired) electrons. The fourth-order valence-corrected chi connectivity index (χ4v) is 2.61. The van der Waals surface area contributed by atoms with E-state index in [2.05, 4.69) is 15.6 Å². The summed E-state index contributed by atoms with van der Waals surface area (Å²) in [5, 5.41) is 7.52. The van der Waals surface area contributed by atoms with Crippen molar-refractivity contribution in [2.24, 2.45) is 0 Å². The zero-order valence-electron chi connectivity index (χ0n) is 10.9. The zero-order valence-corrected chi connectivity index (χ0v) is 10.9. The van der Waals surface area contributed by atoms with E-state index in [-0.39, 0.29) is 5.91 Å². The molecular weight excluding hydrogens is 238 g/mol. The molecule has 1 amide bonds. The molecule has 1 unspecified atom stereocenters. The van der Waals surface area contributed by atoms with Gasteiger partial charge in [0.05, 0.1) is 0 Å². The third kappa shape index (κ3) is 2.79. The van der Waals surface area contributed by atoms with Gasteiger partial charge >= 0.3 is 0 Å². The molecule has 4 nitrogen and oxygen atoms in total. The fraction of sp³-hybridized carbons (Fsp3) is 0.400. The lowest BCUT2D eigenvalue weighted by molar-refractivity contribution is 0.0948. The van der Waals surface area contributed by atoms with E-state index in [1.165, 1.54) is 12.8 Å². The van der Waals surface area contributed by atoms with Crippen LogP contribution in [-0.4, -0.2) is 30.0 Å². The van der Waals surface area contributed by atoms with Gasteiger partial charge in [-0.25, -0.2) is 0 Å². The maximum absolute atomic E-state index is 12.1. The molecule has 1 aliphatic heterocycles. The summed E-state index contributed by atoms with van der Waals surface area (Å²) in [5.41, 5.74) is 1.79. The smallest absolute Gasteiger partial charge is 0.251 e. The van der Waals surface area contributed by atoms with Gasteiger partial charge in [0.15, 0.2) is 0 Å². The number of piperidine rings is 1. The van der Waals surface area contributed by atoms with Crippen molar-refractivity contribution in [3.63, 3.8) is 0 Å². The topological polar surface area (TPSA) is 56.9 Å². The van der Waals surface area contributed by atoms with E-state index in [1.54, 1.807) is 0 Å². The van der Waals surface area contributed by atoms with Gasteiger partial charge in [0.25, 0.3) is 5.91 Å². The Labute approximate surface area is 112 Å². The number of benzene rings is 1. The monoisotopic (exact) mass is 257 g/mol. The van der Waals surface area contributed by atoms with Crippen LogP contribution >= 0.6 is 0 Å². The minimum atomic E-state index is 0.00970. The molecule has 2 aromatic rings. The van der Waals surface area contributed by atoms with Gasteiger partial charge in [0.2, 0.25) is 0 Å². The lowest BCUT2D eigenvalue weighted by Gasteiger charge is -2.23. The van der Waals surface area contributed by atoms with Gasteiger partial charge in [0, 0.05) is 35.2 Å². The molecule has 1 aromatic heterocycles. The standard InChI is InChI=1S/C15H19N3O/c19-15(18-10-13-3-1-2-7-16-13)12-4-5-14-11(9-12)6-8-17-14/h4-6,8-9,13,16-17H,1-3,7,10H2,(H,18,19). The van der Waals surface area contributed by atoms with Crippen molar-refractivity contribution in [1.82, 2.24) is 15.6 Å². The number of aromatic amines is 1. The molecule has 0 aliphatic carbocycles. The van der Waals surface area contributed by atoms with E-state index in [4.69, 9.17) is 0 Å². The Kier molecular flexibility index (Phi) is 3.51. The normalized spacial score (nSPS) is 19.5. The highest BCUT2D eigenvalue weighted by Crippen LogP contribution is 2.14. The van der Waals surface area contributed by atoms with Crippen molar-refractivity contribution in [3.8, 4) is 0 Å². The Bertz CT molecular complexity index is 570. The third-order valence-corrected chi connectivity index (χ3v) is 3.74. The summed E-state index contributed by atoms with van der Waals surface area (Å²) in [4.78, 5) is 15.2. The number of rotatable bonds is 3. The summed E-state index contributed by atoms with van der Waals surface area (Å²) in [6.45, 7) is 1.78. The Morgan fingerprint density at radius 2 is 2.26 bits per heavy atom. The van der Waals surface area contributed by atoms with Gasteiger partial charge in [-0.3, -0.25) is 4.79 Å². The zero-order chi connectivity index (χ0) is 13.1. The van der Waals surface area contributed by atoms with Gasteiger partial charge in [-0.05, 0) is 43.7 Å². The first kappa shape index (κ1) is 12.2. The van der Waals surface area contributed by atoms with E-state index in [1.807, 2.05) is 30.5 Å². The minimum absolute atomic E-state index is 0.00970. The highest BCUT2D eigenvalue weighted by atomic mass is 16.1. The average Bonchev–Trinajstić information content (AvgIpc) is 2.93. The third-order valence-electron chi connectivity index (χ3n) is 3.74. The lowest BCUT2D eigenvalue weighted by Crippen LogP contribution is -2.43. The van der Waals surface area contributed by atoms with E-state index in [9.17, 15) is 4.79 Å². The van der Waals surface area contributed by atoms with E-state index >= 15 is 0 Å². The summed E-state index contributed by atoms with van der Waals surface area (Å²) in [6, 6.07) is 8.14. The molecule has 1 aliphatic rings. The predicted molar refractivity (Wildman–Crippen MR) is 76.3 cm³/mol. The molecule has 4 heteroatoms. The number of carbonyl (C=O) groups is 1. The summed E-state index contributed by atoms with van der Waals surface area (Å²) in [7, 11) is 0. The van der Waals surface area contributed by atoms with Crippen LogP contribution in [0.25, 0.3) is 10.9 Å². The first-order chi connectivity index (χ1) is 9.33. The Morgan fingerprint density at radius 1 is 1.32 bits per heavy atom. The SMILES string of the molecule is O=C(NCC1CCCCN1)c1ccc2[nH]ccc2c1. The molecule has 19 heavy (non-hydrogen) atoms. The Balaban J connectivity index is 1.62. The maximum Gasteiger partial charge on any atom is 0.251 e. The second kappa shape index (κ2) is 5.45. The first-order valence-corrected chi connectivity index (χ1v) is 6.92. The molecule has 1 atom stereocenters. The number of hydrogen-bond donors (Lipinski definition) is 3. The highest BCUT2D eigenvalue weighted by Gasteiger charge is 2.14. The molecule has 3 N–H and O–H groups in total. The van der Waals surface area contributed by atoms with Gasteiger partial charge in [-0.1, -0.05) is 6.42 Å². The summed E-state index contributed by atoms with van der Waals surface area (Å²) in [6.07, 6.45) is 5.53. The number of carbonyl (C=O) groups excluding carboxylic acids is 1. The molecule has 0 saturated carbocycles. The van der Waals surface area contributed by atoms with E-state index in [0.717, 1.165) is 29.4 Å². The summed E-state index contributed by atoms with van der Waals surface area (Å²) in [5.74, 6) is 0.00970. The number of hydrogen-bond acceptors (Lipinski definition) is 2. The molecule has 0 spiro atoms. The molecule has 1 aromatic carbocycles. The minimum Gasteiger partial charge on any atom is -0.361 e. The van der Waals surface area contributed by atoms with Crippen molar-refractivity contribution in [1.29, 1.82) is 0 Å². The van der Waals surface area contributed by atoms with Crippen molar-refractivity contribution in [2.45, 2.75) is 25.3 Å². The fourth-order valence-electron chi connectivity index (χ4n) is 2.61. The molecule has 1 fully saturated rings. The van der Waals surface area contributed by atoms with Crippen LogP contribution in [-0.2, 0) is 0 Å². The second-order valence-corrected chi connectivity index (χ2v) is 5.14. The van der Waals surface area contributed by atoms with Crippen LogP contribution < -0.4 is 10.6 Å². The Hall–Kier alpha value is -1.81. The van der Waals surface area contributed by atoms with Crippen LogP contribution in [0.2, 0.25) is 0 Å². The summed E-state index contributed by atoms with van der Waals surface area (Å²) >= 11 is 0. The van der Waals surface area contributed by atoms with Crippen LogP contribution in [0.3, 0.4) is 0 Å². The van der Waals surface area contributed by atoms with Gasteiger partial charge in [-0.15, -0.1) is 0 Å². The van der Waals surface area contributed by atoms with E-state index < -0.39 is 0 Å². The van der Waals surface area contributed by atoms with Gasteiger partial charge < -0.3 is 15.6 Å². The molecular formula is C15H19N3O. The molecule has 2 heterocycles. The predicted octanol–water partition coefficient (Wildman–Crippen LogP) is 2.04. The van der Waals surface area contributed by atoms with Gasteiger partial charge in [-0.2, -0.15) is 0 Å². The van der Waals surface area contributed by atoms with Crippen molar-refractivity contribution >= 4 is 16.8 Å². The number of nitrogens with one attached hydrogen (secondary N) is 3. The largest absolute Gasteiger partial charge is 0.361 e. The Morgan fingerprint density at radius 3 is 3.11 bits per heavy atom. The average molecular weight is 257 g/mol. The molecule has 3 rings (SSSR count). The lowest BCUT2D eigenvalue weighted by atomic mass is 10.0. The van der Waals surface area contributed by atoms with Crippen molar-refractivity contribution in [2.75, 3.05) is 13.1 Å². The van der Waals surface area contributed by atoms with Crippen molar-refractivity contribution < 1.29 is 4.79 Å². The molecule has 0 bridgehead atoms. The number of H-pyrrole nitrogens is 1. The quantitative estimate of drug-likeness (QED) is 0.788. The number of amides is 1. The van der Waals surface area contributed by atoms with Crippen molar-refractivity contribution in [3.05, 3.63) is 36.0 Å². The number of fused-ring (bicyclic) bond motifs is 1. The summed E-state index contributed by atoms with van der Waals surface area (Å²) < 4.78 is 0. The molecule has 100 valence electrons. The van der Waals surface area contributed by atoms with Crippen LogP contribution in [0.15, 0.2) is 30.5 Å². The second-order valence-electron chi connectivity index (χ2n) is 5.14. The molecule has 1 saturated heterocycles. The van der Waals surface area contributed by atoms with Crippen LogP contribution in [0.1, 0.15) is 29.6 Å². The van der Waals surface area contributed by atoms with Crippen LogP contribution in [0.4, 0.5) is 0 Å². The van der Waals surface area contributed by atoms with Gasteiger partial charge in [0.1, 0.15) is 0 Å². The maximum atomic E-state index is 12.1. The van der Waals surface area contributed by atoms with Crippen LogP contribution in [0, 0.1) is 0 Å².